The molecular formula is C18H22FN3O3. The van der Waals surface area contributed by atoms with Gasteiger partial charge >= 0.3 is 6.03 Å². The molecule has 1 aliphatic heterocycles. The second-order valence-corrected chi connectivity index (χ2v) is 6.80. The number of hydrogen-bond acceptors (Lipinski definition) is 3. The average molecular weight is 347 g/mol. The quantitative estimate of drug-likeness (QED) is 0.820. The topological polar surface area (TPSA) is 78.5 Å². The third kappa shape index (κ3) is 3.50. The molecule has 134 valence electrons. The Balaban J connectivity index is 1.61. The summed E-state index contributed by atoms with van der Waals surface area (Å²) in [7, 11) is 0. The molecule has 1 saturated heterocycles. The van der Waals surface area contributed by atoms with E-state index in [9.17, 15) is 18.8 Å². The fourth-order valence-corrected chi connectivity index (χ4v) is 3.58. The summed E-state index contributed by atoms with van der Waals surface area (Å²) >= 11 is 0. The second-order valence-electron chi connectivity index (χ2n) is 6.80. The summed E-state index contributed by atoms with van der Waals surface area (Å²) in [5.41, 5.74) is -0.0752. The molecule has 0 unspecified atom stereocenters. The molecule has 0 bridgehead atoms. The first-order chi connectivity index (χ1) is 11.9. The first-order valence-electron chi connectivity index (χ1n) is 8.60. The van der Waals surface area contributed by atoms with E-state index in [1.807, 2.05) is 0 Å². The van der Waals surface area contributed by atoms with Crippen LogP contribution >= 0.6 is 0 Å². The van der Waals surface area contributed by atoms with Gasteiger partial charge in [0.2, 0.25) is 5.91 Å². The van der Waals surface area contributed by atoms with Crippen LogP contribution in [0.3, 0.4) is 0 Å². The number of halogens is 1. The molecule has 3 rings (SSSR count). The summed E-state index contributed by atoms with van der Waals surface area (Å²) in [6, 6.07) is 4.97. The molecule has 1 aromatic carbocycles. The Morgan fingerprint density at radius 3 is 2.52 bits per heavy atom. The maximum Gasteiger partial charge on any atom is 0.325 e. The SMILES string of the molecule is C[C@H](NC(=O)CN1C(=O)NC2(CCCCC2)C1=O)c1ccc(F)cc1. The molecule has 0 radical (unpaired) electrons. The van der Waals surface area contributed by atoms with Crippen LogP contribution in [0.1, 0.15) is 50.6 Å². The molecule has 2 N–H and O–H groups in total. The standard InChI is InChI=1S/C18H22FN3O3/c1-12(13-5-7-14(19)8-6-13)20-15(23)11-22-16(24)18(21-17(22)25)9-3-2-4-10-18/h5-8,12H,2-4,9-11H2,1H3,(H,20,23)(H,21,25)/t12-/m0/s1. The van der Waals surface area contributed by atoms with Crippen molar-refractivity contribution in [3.63, 3.8) is 0 Å². The molecule has 6 nitrogen and oxygen atoms in total. The van der Waals surface area contributed by atoms with Gasteiger partial charge in [0.1, 0.15) is 17.9 Å². The van der Waals surface area contributed by atoms with E-state index < -0.39 is 17.5 Å². The highest BCUT2D eigenvalue weighted by Crippen LogP contribution is 2.33. The predicted molar refractivity (Wildman–Crippen MR) is 89.0 cm³/mol. The smallest absolute Gasteiger partial charge is 0.325 e. The van der Waals surface area contributed by atoms with Crippen LogP contribution in [0.2, 0.25) is 0 Å². The number of nitrogens with zero attached hydrogens (tertiary/aromatic N) is 1. The number of carbonyl (C=O) groups excluding carboxylic acids is 3. The van der Waals surface area contributed by atoms with Gasteiger partial charge in [0, 0.05) is 0 Å². The molecule has 1 spiro atoms. The van der Waals surface area contributed by atoms with Gasteiger partial charge in [-0.3, -0.25) is 14.5 Å². The Kier molecular flexibility index (Phi) is 4.74. The highest BCUT2D eigenvalue weighted by Gasteiger charge is 2.51. The van der Waals surface area contributed by atoms with Crippen LogP contribution in [0.15, 0.2) is 24.3 Å². The van der Waals surface area contributed by atoms with Crippen LogP contribution in [-0.4, -0.2) is 34.8 Å². The molecule has 1 atom stereocenters. The van der Waals surface area contributed by atoms with Crippen molar-refractivity contribution in [1.29, 1.82) is 0 Å². The predicted octanol–water partition coefficient (Wildman–Crippen LogP) is 2.26. The normalized spacial score (nSPS) is 20.5. The molecule has 1 saturated carbocycles. The highest BCUT2D eigenvalue weighted by atomic mass is 19.1. The summed E-state index contributed by atoms with van der Waals surface area (Å²) in [5.74, 6) is -1.07. The van der Waals surface area contributed by atoms with E-state index in [0.29, 0.717) is 12.8 Å². The highest BCUT2D eigenvalue weighted by molar-refractivity contribution is 6.09. The Morgan fingerprint density at radius 1 is 1.24 bits per heavy atom. The maximum atomic E-state index is 13.0. The van der Waals surface area contributed by atoms with Gasteiger partial charge in [-0.25, -0.2) is 9.18 Å². The van der Waals surface area contributed by atoms with E-state index in [1.54, 1.807) is 19.1 Å². The lowest BCUT2D eigenvalue weighted by Crippen LogP contribution is -2.49. The zero-order chi connectivity index (χ0) is 18.0. The molecule has 1 aliphatic carbocycles. The number of carbonyl (C=O) groups is 3. The van der Waals surface area contributed by atoms with Crippen LogP contribution in [0, 0.1) is 5.82 Å². The monoisotopic (exact) mass is 347 g/mol. The van der Waals surface area contributed by atoms with Crippen molar-refractivity contribution in [1.82, 2.24) is 15.5 Å². The van der Waals surface area contributed by atoms with Crippen molar-refractivity contribution in [2.24, 2.45) is 0 Å². The van der Waals surface area contributed by atoms with E-state index in [0.717, 1.165) is 29.7 Å². The summed E-state index contributed by atoms with van der Waals surface area (Å²) in [6.45, 7) is 1.46. The van der Waals surface area contributed by atoms with Gasteiger partial charge in [-0.15, -0.1) is 0 Å². The van der Waals surface area contributed by atoms with Gasteiger partial charge in [-0.1, -0.05) is 31.4 Å². The zero-order valence-electron chi connectivity index (χ0n) is 14.2. The molecule has 4 amide bonds. The molecule has 1 aromatic rings. The molecule has 1 heterocycles. The number of imide groups is 1. The molecule has 7 heteroatoms. The summed E-state index contributed by atoms with van der Waals surface area (Å²) in [5, 5.41) is 5.52. The van der Waals surface area contributed by atoms with Crippen molar-refractivity contribution in [2.75, 3.05) is 6.54 Å². The first kappa shape index (κ1) is 17.4. The summed E-state index contributed by atoms with van der Waals surface area (Å²) in [4.78, 5) is 38.1. The van der Waals surface area contributed by atoms with Gasteiger partial charge < -0.3 is 10.6 Å². The van der Waals surface area contributed by atoms with Crippen LogP contribution in [0.25, 0.3) is 0 Å². The fraction of sp³-hybridized carbons (Fsp3) is 0.500. The van der Waals surface area contributed by atoms with Crippen molar-refractivity contribution in [3.8, 4) is 0 Å². The number of hydrogen-bond donors (Lipinski definition) is 2. The molecule has 2 fully saturated rings. The number of urea groups is 1. The first-order valence-corrected chi connectivity index (χ1v) is 8.60. The van der Waals surface area contributed by atoms with Crippen LogP contribution in [0.5, 0.6) is 0 Å². The van der Waals surface area contributed by atoms with Gasteiger partial charge in [-0.2, -0.15) is 0 Å². The second kappa shape index (κ2) is 6.82. The lowest BCUT2D eigenvalue weighted by molar-refractivity contribution is -0.136. The Hall–Kier alpha value is -2.44. The number of rotatable bonds is 4. The lowest BCUT2D eigenvalue weighted by Gasteiger charge is -2.30. The van der Waals surface area contributed by atoms with Gasteiger partial charge in [0.25, 0.3) is 5.91 Å². The van der Waals surface area contributed by atoms with Crippen LogP contribution in [-0.2, 0) is 9.59 Å². The minimum absolute atomic E-state index is 0.304. The molecule has 0 aromatic heterocycles. The van der Waals surface area contributed by atoms with Crippen molar-refractivity contribution < 1.29 is 18.8 Å². The Bertz CT molecular complexity index is 683. The third-order valence-electron chi connectivity index (χ3n) is 5.00. The minimum Gasteiger partial charge on any atom is -0.348 e. The number of nitrogens with one attached hydrogen (secondary N) is 2. The molecule has 25 heavy (non-hydrogen) atoms. The Labute approximate surface area is 145 Å². The van der Waals surface area contributed by atoms with Crippen LogP contribution in [0.4, 0.5) is 9.18 Å². The third-order valence-corrected chi connectivity index (χ3v) is 5.00. The van der Waals surface area contributed by atoms with E-state index >= 15 is 0 Å². The van der Waals surface area contributed by atoms with Gasteiger partial charge in [0.05, 0.1) is 6.04 Å². The van der Waals surface area contributed by atoms with Crippen molar-refractivity contribution in [2.45, 2.75) is 50.6 Å². The van der Waals surface area contributed by atoms with Gasteiger partial charge in [-0.05, 0) is 37.5 Å². The maximum absolute atomic E-state index is 13.0. The average Bonchev–Trinajstić information content (AvgIpc) is 2.80. The fourth-order valence-electron chi connectivity index (χ4n) is 3.58. The van der Waals surface area contributed by atoms with Crippen LogP contribution < -0.4 is 10.6 Å². The van der Waals surface area contributed by atoms with E-state index in [1.165, 1.54) is 12.1 Å². The van der Waals surface area contributed by atoms with E-state index in [-0.39, 0.29) is 24.3 Å². The number of amides is 4. The summed E-state index contributed by atoms with van der Waals surface area (Å²) in [6.07, 6.45) is 4.10. The van der Waals surface area contributed by atoms with E-state index in [2.05, 4.69) is 10.6 Å². The number of benzene rings is 1. The summed E-state index contributed by atoms with van der Waals surface area (Å²) < 4.78 is 13.0. The van der Waals surface area contributed by atoms with Crippen molar-refractivity contribution in [3.05, 3.63) is 35.6 Å². The largest absolute Gasteiger partial charge is 0.348 e. The molecular weight excluding hydrogens is 325 g/mol. The minimum atomic E-state index is -0.821. The van der Waals surface area contributed by atoms with Gasteiger partial charge in [0.15, 0.2) is 0 Å². The van der Waals surface area contributed by atoms with E-state index in [4.69, 9.17) is 0 Å². The Morgan fingerprint density at radius 2 is 1.88 bits per heavy atom. The lowest BCUT2D eigenvalue weighted by atomic mass is 9.82. The van der Waals surface area contributed by atoms with Crippen molar-refractivity contribution >= 4 is 17.8 Å². The zero-order valence-corrected chi connectivity index (χ0v) is 14.2. The molecule has 2 aliphatic rings.